The summed E-state index contributed by atoms with van der Waals surface area (Å²) in [7, 11) is 0. The van der Waals surface area contributed by atoms with E-state index in [1.54, 1.807) is 6.20 Å². The summed E-state index contributed by atoms with van der Waals surface area (Å²) < 4.78 is 1.71. The van der Waals surface area contributed by atoms with Crippen molar-refractivity contribution in [1.82, 2.24) is 4.98 Å². The number of aliphatic hydroxyl groups is 1. The van der Waals surface area contributed by atoms with Gasteiger partial charge in [0.15, 0.2) is 0 Å². The molecule has 1 aromatic heterocycles. The predicted octanol–water partition coefficient (Wildman–Crippen LogP) is 5.01. The standard InChI is InChI=1S/C16H17Br2NO/c1-10(2)12-5-3-11(4-6-12)7-15(20)16-14(18)8-13(17)9-19-16/h3-6,8-10,15,20H,7H2,1-2H3. The molecule has 1 N–H and O–H groups in total. The Morgan fingerprint density at radius 2 is 1.80 bits per heavy atom. The third-order valence-electron chi connectivity index (χ3n) is 3.23. The van der Waals surface area contributed by atoms with E-state index < -0.39 is 6.10 Å². The van der Waals surface area contributed by atoms with E-state index in [-0.39, 0.29) is 0 Å². The number of aliphatic hydroxyl groups excluding tert-OH is 1. The van der Waals surface area contributed by atoms with E-state index in [1.165, 1.54) is 5.56 Å². The molecule has 20 heavy (non-hydrogen) atoms. The molecule has 1 unspecified atom stereocenters. The number of nitrogens with zero attached hydrogens (tertiary/aromatic N) is 1. The van der Waals surface area contributed by atoms with Crippen LogP contribution in [0.2, 0.25) is 0 Å². The highest BCUT2D eigenvalue weighted by molar-refractivity contribution is 9.11. The fraction of sp³-hybridized carbons (Fsp3) is 0.312. The van der Waals surface area contributed by atoms with Crippen LogP contribution in [0.4, 0.5) is 0 Å². The average molecular weight is 399 g/mol. The monoisotopic (exact) mass is 397 g/mol. The number of rotatable bonds is 4. The lowest BCUT2D eigenvalue weighted by atomic mass is 9.99. The Morgan fingerprint density at radius 3 is 2.35 bits per heavy atom. The summed E-state index contributed by atoms with van der Waals surface area (Å²) in [6, 6.07) is 10.3. The summed E-state index contributed by atoms with van der Waals surface area (Å²) >= 11 is 6.80. The van der Waals surface area contributed by atoms with Gasteiger partial charge in [-0.25, -0.2) is 0 Å². The van der Waals surface area contributed by atoms with Gasteiger partial charge in [-0.2, -0.15) is 0 Å². The van der Waals surface area contributed by atoms with Crippen LogP contribution in [0.3, 0.4) is 0 Å². The van der Waals surface area contributed by atoms with Crippen molar-refractivity contribution in [2.24, 2.45) is 0 Å². The Labute approximate surface area is 136 Å². The van der Waals surface area contributed by atoms with Gasteiger partial charge in [-0.3, -0.25) is 4.98 Å². The summed E-state index contributed by atoms with van der Waals surface area (Å²) in [5.74, 6) is 0.524. The van der Waals surface area contributed by atoms with Gasteiger partial charge in [0.1, 0.15) is 6.10 Å². The summed E-state index contributed by atoms with van der Waals surface area (Å²) in [6.07, 6.45) is 1.65. The van der Waals surface area contributed by atoms with Crippen molar-refractivity contribution in [2.75, 3.05) is 0 Å². The van der Waals surface area contributed by atoms with Crippen LogP contribution >= 0.6 is 31.9 Å². The summed E-state index contributed by atoms with van der Waals surface area (Å²) in [6.45, 7) is 4.35. The SMILES string of the molecule is CC(C)c1ccc(CC(O)c2ncc(Br)cc2Br)cc1. The van der Waals surface area contributed by atoms with Crippen LogP contribution < -0.4 is 0 Å². The van der Waals surface area contributed by atoms with Gasteiger partial charge in [-0.1, -0.05) is 38.1 Å². The van der Waals surface area contributed by atoms with Crippen LogP contribution in [0.15, 0.2) is 45.5 Å². The molecule has 2 rings (SSSR count). The molecule has 2 nitrogen and oxygen atoms in total. The maximum Gasteiger partial charge on any atom is 0.101 e. The molecule has 1 heterocycles. The summed E-state index contributed by atoms with van der Waals surface area (Å²) in [4.78, 5) is 4.28. The molecule has 0 fully saturated rings. The second-order valence-electron chi connectivity index (χ2n) is 5.14. The van der Waals surface area contributed by atoms with E-state index in [4.69, 9.17) is 0 Å². The third kappa shape index (κ3) is 3.90. The van der Waals surface area contributed by atoms with Crippen molar-refractivity contribution in [1.29, 1.82) is 0 Å². The van der Waals surface area contributed by atoms with E-state index in [9.17, 15) is 5.11 Å². The zero-order valence-corrected chi connectivity index (χ0v) is 14.6. The normalized spacial score (nSPS) is 12.7. The summed E-state index contributed by atoms with van der Waals surface area (Å²) in [5.41, 5.74) is 3.09. The van der Waals surface area contributed by atoms with Crippen LogP contribution in [-0.4, -0.2) is 10.1 Å². The molecule has 1 atom stereocenters. The first-order chi connectivity index (χ1) is 9.47. The maximum atomic E-state index is 10.3. The number of benzene rings is 1. The molecular weight excluding hydrogens is 382 g/mol. The number of aromatic nitrogens is 1. The van der Waals surface area contributed by atoms with Crippen LogP contribution in [0, 0.1) is 0 Å². The highest BCUT2D eigenvalue weighted by Crippen LogP contribution is 2.27. The lowest BCUT2D eigenvalue weighted by Crippen LogP contribution is -2.05. The lowest BCUT2D eigenvalue weighted by Gasteiger charge is -2.13. The molecule has 0 saturated heterocycles. The van der Waals surface area contributed by atoms with E-state index in [0.717, 1.165) is 14.5 Å². The Kier molecular flexibility index (Phi) is 5.35. The number of pyridine rings is 1. The van der Waals surface area contributed by atoms with Crippen molar-refractivity contribution in [3.63, 3.8) is 0 Å². The Balaban J connectivity index is 2.12. The molecule has 0 spiro atoms. The highest BCUT2D eigenvalue weighted by atomic mass is 79.9. The Morgan fingerprint density at radius 1 is 1.15 bits per heavy atom. The van der Waals surface area contributed by atoms with Gasteiger partial charge in [0, 0.05) is 21.6 Å². The number of hydrogen-bond acceptors (Lipinski definition) is 2. The van der Waals surface area contributed by atoms with Crippen LogP contribution in [0.1, 0.15) is 42.7 Å². The zero-order valence-electron chi connectivity index (χ0n) is 11.5. The lowest BCUT2D eigenvalue weighted by molar-refractivity contribution is 0.172. The Bertz CT molecular complexity index is 582. The minimum absolute atomic E-state index is 0.524. The molecule has 2 aromatic rings. The van der Waals surface area contributed by atoms with Gasteiger partial charge >= 0.3 is 0 Å². The maximum absolute atomic E-state index is 10.3. The van der Waals surface area contributed by atoms with E-state index in [2.05, 4.69) is 75.0 Å². The van der Waals surface area contributed by atoms with Crippen molar-refractivity contribution in [3.05, 3.63) is 62.3 Å². The van der Waals surface area contributed by atoms with Crippen molar-refractivity contribution in [2.45, 2.75) is 32.3 Å². The minimum atomic E-state index is -0.609. The van der Waals surface area contributed by atoms with Crippen molar-refractivity contribution < 1.29 is 5.11 Å². The van der Waals surface area contributed by atoms with Crippen molar-refractivity contribution in [3.8, 4) is 0 Å². The van der Waals surface area contributed by atoms with Gasteiger partial charge in [0.2, 0.25) is 0 Å². The average Bonchev–Trinajstić information content (AvgIpc) is 2.39. The van der Waals surface area contributed by atoms with E-state index in [0.29, 0.717) is 18.0 Å². The topological polar surface area (TPSA) is 33.1 Å². The molecule has 0 aliphatic carbocycles. The molecule has 0 aliphatic heterocycles. The zero-order chi connectivity index (χ0) is 14.7. The first-order valence-corrected chi connectivity index (χ1v) is 8.14. The predicted molar refractivity (Wildman–Crippen MR) is 88.8 cm³/mol. The molecule has 0 radical (unpaired) electrons. The minimum Gasteiger partial charge on any atom is -0.386 e. The second kappa shape index (κ2) is 6.83. The van der Waals surface area contributed by atoms with E-state index >= 15 is 0 Å². The smallest absolute Gasteiger partial charge is 0.101 e. The third-order valence-corrected chi connectivity index (χ3v) is 4.30. The van der Waals surface area contributed by atoms with Gasteiger partial charge < -0.3 is 5.11 Å². The number of hydrogen-bond donors (Lipinski definition) is 1. The van der Waals surface area contributed by atoms with Gasteiger partial charge in [-0.15, -0.1) is 0 Å². The second-order valence-corrected chi connectivity index (χ2v) is 6.91. The number of halogens is 2. The first-order valence-electron chi connectivity index (χ1n) is 6.55. The highest BCUT2D eigenvalue weighted by Gasteiger charge is 2.14. The van der Waals surface area contributed by atoms with Gasteiger partial charge in [0.25, 0.3) is 0 Å². The molecule has 0 saturated carbocycles. The van der Waals surface area contributed by atoms with Crippen LogP contribution in [0.25, 0.3) is 0 Å². The fourth-order valence-corrected chi connectivity index (χ4v) is 3.28. The molecule has 0 amide bonds. The van der Waals surface area contributed by atoms with Crippen LogP contribution in [-0.2, 0) is 6.42 Å². The fourth-order valence-electron chi connectivity index (χ4n) is 2.03. The van der Waals surface area contributed by atoms with Crippen molar-refractivity contribution >= 4 is 31.9 Å². The van der Waals surface area contributed by atoms with Gasteiger partial charge in [0.05, 0.1) is 5.69 Å². The molecule has 0 bridgehead atoms. The summed E-state index contributed by atoms with van der Waals surface area (Å²) in [5, 5.41) is 10.3. The molecular formula is C16H17Br2NO. The molecule has 4 heteroatoms. The Hall–Kier alpha value is -0.710. The first kappa shape index (κ1) is 15.7. The van der Waals surface area contributed by atoms with Crippen LogP contribution in [0.5, 0.6) is 0 Å². The molecule has 1 aromatic carbocycles. The van der Waals surface area contributed by atoms with E-state index in [1.807, 2.05) is 6.07 Å². The van der Waals surface area contributed by atoms with Gasteiger partial charge in [-0.05, 0) is 55.0 Å². The molecule has 106 valence electrons. The largest absolute Gasteiger partial charge is 0.386 e. The molecule has 0 aliphatic rings. The quantitative estimate of drug-likeness (QED) is 0.785.